The second-order valence-electron chi connectivity index (χ2n) is 3.41. The third-order valence-corrected chi connectivity index (χ3v) is 2.56. The molecular weight excluding hydrogens is 270 g/mol. The van der Waals surface area contributed by atoms with E-state index in [2.05, 4.69) is 21.0 Å². The summed E-state index contributed by atoms with van der Waals surface area (Å²) >= 11 is 3.36. The first-order chi connectivity index (χ1) is 7.65. The van der Waals surface area contributed by atoms with Crippen LogP contribution in [0.3, 0.4) is 0 Å². The molecule has 0 radical (unpaired) electrons. The SMILES string of the molecule is Nc1cc(Br)cc(Cn2ncccc2=O)c1. The lowest BCUT2D eigenvalue weighted by molar-refractivity contribution is 0.639. The van der Waals surface area contributed by atoms with Gasteiger partial charge in [-0.3, -0.25) is 4.79 Å². The maximum absolute atomic E-state index is 11.5. The third-order valence-electron chi connectivity index (χ3n) is 2.10. The maximum Gasteiger partial charge on any atom is 0.267 e. The van der Waals surface area contributed by atoms with Crippen molar-refractivity contribution < 1.29 is 0 Å². The zero-order chi connectivity index (χ0) is 11.5. The van der Waals surface area contributed by atoms with Gasteiger partial charge >= 0.3 is 0 Å². The normalized spacial score (nSPS) is 10.3. The lowest BCUT2D eigenvalue weighted by Gasteiger charge is -2.05. The minimum atomic E-state index is -0.124. The molecule has 0 aliphatic heterocycles. The summed E-state index contributed by atoms with van der Waals surface area (Å²) in [4.78, 5) is 11.5. The van der Waals surface area contributed by atoms with Crippen LogP contribution < -0.4 is 11.3 Å². The predicted molar refractivity (Wildman–Crippen MR) is 66.2 cm³/mol. The van der Waals surface area contributed by atoms with Gasteiger partial charge in [-0.25, -0.2) is 4.68 Å². The summed E-state index contributed by atoms with van der Waals surface area (Å²) in [7, 11) is 0. The van der Waals surface area contributed by atoms with Crippen LogP contribution in [0.4, 0.5) is 5.69 Å². The summed E-state index contributed by atoms with van der Waals surface area (Å²) in [6.07, 6.45) is 1.59. The van der Waals surface area contributed by atoms with Crippen LogP contribution in [-0.2, 0) is 6.54 Å². The zero-order valence-corrected chi connectivity index (χ0v) is 10.0. The Balaban J connectivity index is 2.34. The molecule has 0 saturated heterocycles. The van der Waals surface area contributed by atoms with Crippen LogP contribution in [0.15, 0.2) is 45.8 Å². The Kier molecular flexibility index (Phi) is 3.05. The molecule has 16 heavy (non-hydrogen) atoms. The number of rotatable bonds is 2. The molecule has 4 nitrogen and oxygen atoms in total. The van der Waals surface area contributed by atoms with Crippen molar-refractivity contribution in [3.63, 3.8) is 0 Å². The average Bonchev–Trinajstić information content (AvgIpc) is 2.20. The van der Waals surface area contributed by atoms with Crippen molar-refractivity contribution in [1.29, 1.82) is 0 Å². The number of anilines is 1. The molecule has 0 spiro atoms. The molecule has 0 atom stereocenters. The Hall–Kier alpha value is -1.62. The van der Waals surface area contributed by atoms with Gasteiger partial charge in [0.15, 0.2) is 0 Å². The van der Waals surface area contributed by atoms with E-state index in [1.165, 1.54) is 10.7 Å². The highest BCUT2D eigenvalue weighted by Crippen LogP contribution is 2.17. The van der Waals surface area contributed by atoms with Gasteiger partial charge in [-0.05, 0) is 29.8 Å². The first kappa shape index (κ1) is 10.9. The highest BCUT2D eigenvalue weighted by Gasteiger charge is 2.00. The van der Waals surface area contributed by atoms with Crippen LogP contribution in [-0.4, -0.2) is 9.78 Å². The molecule has 2 N–H and O–H groups in total. The molecule has 82 valence electrons. The zero-order valence-electron chi connectivity index (χ0n) is 8.43. The van der Waals surface area contributed by atoms with Crippen molar-refractivity contribution in [3.8, 4) is 0 Å². The maximum atomic E-state index is 11.5. The van der Waals surface area contributed by atoms with E-state index in [-0.39, 0.29) is 5.56 Å². The molecule has 2 rings (SSSR count). The molecule has 0 aliphatic rings. The van der Waals surface area contributed by atoms with Crippen molar-refractivity contribution in [2.45, 2.75) is 6.54 Å². The number of nitrogens with zero attached hydrogens (tertiary/aromatic N) is 2. The number of aromatic nitrogens is 2. The molecule has 0 bridgehead atoms. The first-order valence-electron chi connectivity index (χ1n) is 4.72. The quantitative estimate of drug-likeness (QED) is 0.851. The van der Waals surface area contributed by atoms with Gasteiger partial charge in [0.25, 0.3) is 5.56 Å². The third kappa shape index (κ3) is 2.49. The average molecular weight is 280 g/mol. The second-order valence-corrected chi connectivity index (χ2v) is 4.33. The summed E-state index contributed by atoms with van der Waals surface area (Å²) < 4.78 is 2.28. The van der Waals surface area contributed by atoms with Crippen molar-refractivity contribution in [2.24, 2.45) is 0 Å². The van der Waals surface area contributed by atoms with Gasteiger partial charge in [-0.15, -0.1) is 0 Å². The molecule has 0 amide bonds. The van der Waals surface area contributed by atoms with Gasteiger partial charge in [0, 0.05) is 22.4 Å². The van der Waals surface area contributed by atoms with Crippen molar-refractivity contribution in [1.82, 2.24) is 9.78 Å². The van der Waals surface area contributed by atoms with Crippen LogP contribution >= 0.6 is 15.9 Å². The minimum absolute atomic E-state index is 0.124. The lowest BCUT2D eigenvalue weighted by Crippen LogP contribution is -2.21. The van der Waals surface area contributed by atoms with Crippen molar-refractivity contribution >= 4 is 21.6 Å². The Labute approximate surface area is 101 Å². The number of nitrogen functional groups attached to an aromatic ring is 1. The minimum Gasteiger partial charge on any atom is -0.399 e. The van der Waals surface area contributed by atoms with Gasteiger partial charge in [-0.1, -0.05) is 15.9 Å². The smallest absolute Gasteiger partial charge is 0.267 e. The number of nitrogens with two attached hydrogens (primary N) is 1. The summed E-state index contributed by atoms with van der Waals surface area (Å²) in [5, 5.41) is 3.98. The van der Waals surface area contributed by atoms with Crippen LogP contribution in [0.5, 0.6) is 0 Å². The predicted octanol–water partition coefficient (Wildman–Crippen LogP) is 1.64. The summed E-state index contributed by atoms with van der Waals surface area (Å²) in [5.74, 6) is 0. The van der Waals surface area contributed by atoms with Gasteiger partial charge in [0.05, 0.1) is 6.54 Å². The fourth-order valence-electron chi connectivity index (χ4n) is 1.45. The van der Waals surface area contributed by atoms with Crippen LogP contribution in [0, 0.1) is 0 Å². The molecule has 5 heteroatoms. The van der Waals surface area contributed by atoms with Crippen molar-refractivity contribution in [3.05, 3.63) is 56.9 Å². The van der Waals surface area contributed by atoms with E-state index in [0.29, 0.717) is 12.2 Å². The fourth-order valence-corrected chi connectivity index (χ4v) is 2.00. The summed E-state index contributed by atoms with van der Waals surface area (Å²) in [5.41, 5.74) is 7.19. The molecular formula is C11H10BrN3O. The molecule has 1 aromatic carbocycles. The molecule has 1 heterocycles. The first-order valence-corrected chi connectivity index (χ1v) is 5.51. The van der Waals surface area contributed by atoms with Crippen LogP contribution in [0.1, 0.15) is 5.56 Å². The monoisotopic (exact) mass is 279 g/mol. The topological polar surface area (TPSA) is 60.9 Å². The second kappa shape index (κ2) is 4.49. The van der Waals surface area contributed by atoms with E-state index in [4.69, 9.17) is 5.73 Å². The fraction of sp³-hybridized carbons (Fsp3) is 0.0909. The Morgan fingerprint density at radius 3 is 2.88 bits per heavy atom. The number of halogens is 1. The highest BCUT2D eigenvalue weighted by molar-refractivity contribution is 9.10. The van der Waals surface area contributed by atoms with E-state index < -0.39 is 0 Å². The van der Waals surface area contributed by atoms with Crippen LogP contribution in [0.25, 0.3) is 0 Å². The van der Waals surface area contributed by atoms with E-state index in [0.717, 1.165) is 10.0 Å². The summed E-state index contributed by atoms with van der Waals surface area (Å²) in [6, 6.07) is 8.65. The Morgan fingerprint density at radius 2 is 2.19 bits per heavy atom. The van der Waals surface area contributed by atoms with Crippen molar-refractivity contribution in [2.75, 3.05) is 5.73 Å². The summed E-state index contributed by atoms with van der Waals surface area (Å²) in [6.45, 7) is 0.420. The molecule has 0 fully saturated rings. The lowest BCUT2D eigenvalue weighted by atomic mass is 10.2. The van der Waals surface area contributed by atoms with Gasteiger partial charge < -0.3 is 5.73 Å². The number of benzene rings is 1. The van der Waals surface area contributed by atoms with Gasteiger partial charge in [0.1, 0.15) is 0 Å². The number of hydrogen-bond acceptors (Lipinski definition) is 3. The molecule has 1 aromatic heterocycles. The standard InChI is InChI=1S/C11H10BrN3O/c12-9-4-8(5-10(13)6-9)7-15-11(16)2-1-3-14-15/h1-6H,7,13H2. The van der Waals surface area contributed by atoms with Gasteiger partial charge in [-0.2, -0.15) is 5.10 Å². The van der Waals surface area contributed by atoms with E-state index in [1.54, 1.807) is 12.3 Å². The molecule has 2 aromatic rings. The van der Waals surface area contributed by atoms with Gasteiger partial charge in [0.2, 0.25) is 0 Å². The molecule has 0 unspecified atom stereocenters. The number of hydrogen-bond donors (Lipinski definition) is 1. The largest absolute Gasteiger partial charge is 0.399 e. The Morgan fingerprint density at radius 1 is 1.38 bits per heavy atom. The molecule has 0 saturated carbocycles. The van der Waals surface area contributed by atoms with E-state index in [9.17, 15) is 4.79 Å². The highest BCUT2D eigenvalue weighted by atomic mass is 79.9. The molecule has 0 aliphatic carbocycles. The van der Waals surface area contributed by atoms with E-state index >= 15 is 0 Å². The van der Waals surface area contributed by atoms with E-state index in [1.807, 2.05) is 18.2 Å². The van der Waals surface area contributed by atoms with Crippen LogP contribution in [0.2, 0.25) is 0 Å². The Bertz CT molecular complexity index is 545.